The van der Waals surface area contributed by atoms with Crippen molar-refractivity contribution in [2.45, 2.75) is 46.1 Å². The second-order valence-corrected chi connectivity index (χ2v) is 9.14. The van der Waals surface area contributed by atoms with E-state index >= 15 is 4.39 Å². The van der Waals surface area contributed by atoms with E-state index in [1.165, 1.54) is 0 Å². The number of halogens is 1. The SMILES string of the molecule is Cc1ccc(-c2c(-c3ccccc3)c(C)nn2C[C@H]2CC[C@H](COCC(=O)O)CC2)c(F)c1. The first-order valence-electron chi connectivity index (χ1n) is 11.6. The number of nitrogens with zero attached hydrogens (tertiary/aromatic N) is 2. The fourth-order valence-electron chi connectivity index (χ4n) is 4.89. The molecule has 0 atom stereocenters. The number of benzene rings is 2. The van der Waals surface area contributed by atoms with Gasteiger partial charge < -0.3 is 9.84 Å². The van der Waals surface area contributed by atoms with Crippen molar-refractivity contribution in [2.75, 3.05) is 13.2 Å². The third-order valence-corrected chi connectivity index (χ3v) is 6.55. The second kappa shape index (κ2) is 10.3. The average molecular weight is 451 g/mol. The van der Waals surface area contributed by atoms with Crippen molar-refractivity contribution in [3.8, 4) is 22.4 Å². The highest BCUT2D eigenvalue weighted by molar-refractivity contribution is 5.83. The van der Waals surface area contributed by atoms with Crippen LogP contribution < -0.4 is 0 Å². The number of rotatable bonds is 8. The maximum absolute atomic E-state index is 15.1. The summed E-state index contributed by atoms with van der Waals surface area (Å²) in [6, 6.07) is 15.5. The van der Waals surface area contributed by atoms with Gasteiger partial charge in [0.05, 0.1) is 18.0 Å². The van der Waals surface area contributed by atoms with Crippen LogP contribution >= 0.6 is 0 Å². The van der Waals surface area contributed by atoms with Gasteiger partial charge in [-0.1, -0.05) is 36.4 Å². The van der Waals surface area contributed by atoms with E-state index < -0.39 is 5.97 Å². The van der Waals surface area contributed by atoms with Crippen LogP contribution in [0.5, 0.6) is 0 Å². The number of ether oxygens (including phenoxy) is 1. The van der Waals surface area contributed by atoms with E-state index in [1.54, 1.807) is 6.07 Å². The van der Waals surface area contributed by atoms with E-state index in [0.717, 1.165) is 60.3 Å². The Kier molecular flexibility index (Phi) is 7.23. The van der Waals surface area contributed by atoms with Gasteiger partial charge in [0.25, 0.3) is 0 Å². The molecule has 174 valence electrons. The molecule has 2 aromatic carbocycles. The van der Waals surface area contributed by atoms with Crippen LogP contribution in [0.4, 0.5) is 4.39 Å². The van der Waals surface area contributed by atoms with Gasteiger partial charge in [0, 0.05) is 17.7 Å². The molecule has 6 heteroatoms. The van der Waals surface area contributed by atoms with Gasteiger partial charge in [0.15, 0.2) is 0 Å². The molecule has 0 saturated heterocycles. The fraction of sp³-hybridized carbons (Fsp3) is 0.407. The summed E-state index contributed by atoms with van der Waals surface area (Å²) in [7, 11) is 0. The van der Waals surface area contributed by atoms with Crippen molar-refractivity contribution < 1.29 is 19.0 Å². The predicted octanol–water partition coefficient (Wildman–Crippen LogP) is 5.88. The van der Waals surface area contributed by atoms with Gasteiger partial charge >= 0.3 is 5.97 Å². The van der Waals surface area contributed by atoms with E-state index in [-0.39, 0.29) is 12.4 Å². The molecule has 33 heavy (non-hydrogen) atoms. The molecule has 0 unspecified atom stereocenters. The third kappa shape index (κ3) is 5.50. The predicted molar refractivity (Wildman–Crippen MR) is 126 cm³/mol. The fourth-order valence-corrected chi connectivity index (χ4v) is 4.89. The Morgan fingerprint density at radius 1 is 1.09 bits per heavy atom. The van der Waals surface area contributed by atoms with Crippen LogP contribution in [-0.4, -0.2) is 34.1 Å². The Hall–Kier alpha value is -2.99. The quantitative estimate of drug-likeness (QED) is 0.465. The maximum Gasteiger partial charge on any atom is 0.329 e. The molecule has 1 saturated carbocycles. The number of carbonyl (C=O) groups is 1. The van der Waals surface area contributed by atoms with E-state index in [1.807, 2.05) is 61.0 Å². The van der Waals surface area contributed by atoms with E-state index in [9.17, 15) is 4.79 Å². The van der Waals surface area contributed by atoms with Crippen LogP contribution in [0.15, 0.2) is 48.5 Å². The van der Waals surface area contributed by atoms with E-state index in [4.69, 9.17) is 14.9 Å². The van der Waals surface area contributed by atoms with Crippen LogP contribution in [0, 0.1) is 31.5 Å². The molecule has 1 N–H and O–H groups in total. The van der Waals surface area contributed by atoms with Gasteiger partial charge in [-0.15, -0.1) is 0 Å². The zero-order valence-corrected chi connectivity index (χ0v) is 19.3. The minimum absolute atomic E-state index is 0.229. The summed E-state index contributed by atoms with van der Waals surface area (Å²) in [6.45, 7) is 4.88. The number of hydrogen-bond donors (Lipinski definition) is 1. The first-order valence-corrected chi connectivity index (χ1v) is 11.6. The Labute approximate surface area is 194 Å². The number of carboxylic acids is 1. The van der Waals surface area contributed by atoms with Gasteiger partial charge in [-0.05, 0) is 74.6 Å². The van der Waals surface area contributed by atoms with Crippen molar-refractivity contribution in [1.29, 1.82) is 0 Å². The Bertz CT molecular complexity index is 1100. The van der Waals surface area contributed by atoms with Crippen LogP contribution in [0.1, 0.15) is 36.9 Å². The topological polar surface area (TPSA) is 64.4 Å². The van der Waals surface area contributed by atoms with Crippen molar-refractivity contribution >= 4 is 5.97 Å². The Morgan fingerprint density at radius 2 is 1.79 bits per heavy atom. The summed E-state index contributed by atoms with van der Waals surface area (Å²) in [5, 5.41) is 13.6. The molecule has 1 aliphatic rings. The first kappa shape index (κ1) is 23.2. The normalized spacial score (nSPS) is 18.4. The largest absolute Gasteiger partial charge is 0.480 e. The lowest BCUT2D eigenvalue weighted by atomic mass is 9.82. The minimum atomic E-state index is -0.928. The monoisotopic (exact) mass is 450 g/mol. The molecular weight excluding hydrogens is 419 g/mol. The van der Waals surface area contributed by atoms with Crippen molar-refractivity contribution in [1.82, 2.24) is 9.78 Å². The number of hydrogen-bond acceptors (Lipinski definition) is 3. The minimum Gasteiger partial charge on any atom is -0.480 e. The van der Waals surface area contributed by atoms with Gasteiger partial charge in [-0.2, -0.15) is 5.10 Å². The summed E-state index contributed by atoms with van der Waals surface area (Å²) in [5.74, 6) is -0.319. The number of carboxylic acid groups (broad SMARTS) is 1. The Balaban J connectivity index is 1.58. The Morgan fingerprint density at radius 3 is 2.45 bits per heavy atom. The summed E-state index contributed by atoms with van der Waals surface area (Å²) in [5.41, 5.74) is 5.22. The van der Waals surface area contributed by atoms with Gasteiger partial charge in [0.2, 0.25) is 0 Å². The standard InChI is InChI=1S/C27H31FN2O3/c1-18-8-13-23(24(28)14-18)27-26(22-6-4-3-5-7-22)19(2)29-30(27)15-20-9-11-21(12-10-20)16-33-17-25(31)32/h3-8,13-14,20-21H,9-12,15-17H2,1-2H3,(H,31,32)/t20-,21-. The molecule has 3 aromatic rings. The molecule has 1 aromatic heterocycles. The number of aromatic nitrogens is 2. The van der Waals surface area contributed by atoms with Gasteiger partial charge in [0.1, 0.15) is 12.4 Å². The maximum atomic E-state index is 15.1. The van der Waals surface area contributed by atoms with Crippen LogP contribution in [-0.2, 0) is 16.1 Å². The second-order valence-electron chi connectivity index (χ2n) is 9.14. The van der Waals surface area contributed by atoms with Gasteiger partial charge in [-0.3, -0.25) is 4.68 Å². The molecule has 1 heterocycles. The molecule has 1 fully saturated rings. The summed E-state index contributed by atoms with van der Waals surface area (Å²) < 4.78 is 22.4. The number of aryl methyl sites for hydroxylation is 2. The van der Waals surface area contributed by atoms with Crippen LogP contribution in [0.3, 0.4) is 0 Å². The first-order chi connectivity index (χ1) is 15.9. The highest BCUT2D eigenvalue weighted by Gasteiger charge is 2.26. The molecule has 1 aliphatic carbocycles. The lowest BCUT2D eigenvalue weighted by molar-refractivity contribution is -0.142. The number of aliphatic carboxylic acids is 1. The van der Waals surface area contributed by atoms with Crippen LogP contribution in [0.2, 0.25) is 0 Å². The molecule has 0 amide bonds. The molecule has 0 radical (unpaired) electrons. The summed E-state index contributed by atoms with van der Waals surface area (Å²) in [4.78, 5) is 10.7. The average Bonchev–Trinajstić information content (AvgIpc) is 3.10. The smallest absolute Gasteiger partial charge is 0.329 e. The lowest BCUT2D eigenvalue weighted by Crippen LogP contribution is -2.23. The molecule has 5 nitrogen and oxygen atoms in total. The van der Waals surface area contributed by atoms with Crippen molar-refractivity contribution in [3.63, 3.8) is 0 Å². The lowest BCUT2D eigenvalue weighted by Gasteiger charge is -2.28. The third-order valence-electron chi connectivity index (χ3n) is 6.55. The summed E-state index contributed by atoms with van der Waals surface area (Å²) in [6.07, 6.45) is 4.06. The molecule has 0 bridgehead atoms. The highest BCUT2D eigenvalue weighted by atomic mass is 19.1. The molecule has 4 rings (SSSR count). The molecule has 0 aliphatic heterocycles. The highest BCUT2D eigenvalue weighted by Crippen LogP contribution is 2.38. The van der Waals surface area contributed by atoms with Crippen LogP contribution in [0.25, 0.3) is 22.4 Å². The van der Waals surface area contributed by atoms with Gasteiger partial charge in [-0.25, -0.2) is 9.18 Å². The van der Waals surface area contributed by atoms with E-state index in [2.05, 4.69) is 0 Å². The molecular formula is C27H31FN2O3. The van der Waals surface area contributed by atoms with E-state index in [0.29, 0.717) is 24.0 Å². The van der Waals surface area contributed by atoms with Crippen molar-refractivity contribution in [3.05, 3.63) is 65.6 Å². The zero-order chi connectivity index (χ0) is 23.4. The molecule has 0 spiro atoms. The summed E-state index contributed by atoms with van der Waals surface area (Å²) >= 11 is 0. The zero-order valence-electron chi connectivity index (χ0n) is 19.3. The van der Waals surface area contributed by atoms with Crippen molar-refractivity contribution in [2.24, 2.45) is 11.8 Å².